The van der Waals surface area contributed by atoms with Crippen LogP contribution in [0.15, 0.2) is 5.38 Å². The topological polar surface area (TPSA) is 73.1 Å². The molecular weight excluding hydrogens is 262 g/mol. The minimum absolute atomic E-state index is 0.0248. The molecule has 0 aliphatic carbocycles. The van der Waals surface area contributed by atoms with Crippen molar-refractivity contribution in [1.82, 2.24) is 19.4 Å². The first kappa shape index (κ1) is 13.9. The van der Waals surface area contributed by atoms with E-state index in [1.54, 1.807) is 10.3 Å². The summed E-state index contributed by atoms with van der Waals surface area (Å²) in [6.07, 6.45) is 1.89. The third kappa shape index (κ3) is 3.28. The van der Waals surface area contributed by atoms with Gasteiger partial charge in [0.1, 0.15) is 0 Å². The van der Waals surface area contributed by atoms with Gasteiger partial charge in [0.05, 0.1) is 12.1 Å². The van der Waals surface area contributed by atoms with Gasteiger partial charge in [0.15, 0.2) is 5.69 Å². The van der Waals surface area contributed by atoms with Gasteiger partial charge in [-0.05, 0) is 18.0 Å². The van der Waals surface area contributed by atoms with Crippen LogP contribution in [0.1, 0.15) is 30.3 Å². The van der Waals surface area contributed by atoms with Crippen molar-refractivity contribution >= 4 is 17.4 Å². The zero-order valence-electron chi connectivity index (χ0n) is 10.9. The molecule has 1 amide bonds. The SMILES string of the molecule is CCCC(C#N)N1CCN(C(=O)c2csnn2)CC1. The van der Waals surface area contributed by atoms with Gasteiger partial charge in [-0.25, -0.2) is 0 Å². The Morgan fingerprint density at radius 3 is 2.79 bits per heavy atom. The predicted molar refractivity (Wildman–Crippen MR) is 71.7 cm³/mol. The molecular formula is C12H17N5OS. The Hall–Kier alpha value is -1.52. The summed E-state index contributed by atoms with van der Waals surface area (Å²) in [5, 5.41) is 14.6. The summed E-state index contributed by atoms with van der Waals surface area (Å²) < 4.78 is 3.71. The third-order valence-electron chi connectivity index (χ3n) is 3.33. The molecule has 1 aliphatic heterocycles. The zero-order chi connectivity index (χ0) is 13.7. The smallest absolute Gasteiger partial charge is 0.275 e. The molecule has 2 rings (SSSR count). The molecule has 0 bridgehead atoms. The number of piperazine rings is 1. The normalized spacial score (nSPS) is 18.0. The number of amides is 1. The van der Waals surface area contributed by atoms with Crippen molar-refractivity contribution in [2.24, 2.45) is 0 Å². The van der Waals surface area contributed by atoms with Gasteiger partial charge in [0.2, 0.25) is 0 Å². The standard InChI is InChI=1S/C12H17N5OS/c1-2-3-10(8-13)16-4-6-17(7-5-16)12(18)11-9-19-15-14-11/h9-10H,2-7H2,1H3. The number of carbonyl (C=O) groups is 1. The number of nitrogens with zero attached hydrogens (tertiary/aromatic N) is 5. The summed E-state index contributed by atoms with van der Waals surface area (Å²) in [4.78, 5) is 16.0. The van der Waals surface area contributed by atoms with Gasteiger partial charge in [0, 0.05) is 31.6 Å². The molecule has 0 radical (unpaired) electrons. The van der Waals surface area contributed by atoms with Gasteiger partial charge >= 0.3 is 0 Å². The molecule has 0 aromatic carbocycles. The second kappa shape index (κ2) is 6.59. The molecule has 1 aromatic heterocycles. The Labute approximate surface area is 116 Å². The molecule has 2 heterocycles. The van der Waals surface area contributed by atoms with Crippen LogP contribution in [0.25, 0.3) is 0 Å². The monoisotopic (exact) mass is 279 g/mol. The number of nitriles is 1. The van der Waals surface area contributed by atoms with Crippen molar-refractivity contribution in [3.05, 3.63) is 11.1 Å². The lowest BCUT2D eigenvalue weighted by Crippen LogP contribution is -2.51. The molecule has 1 unspecified atom stereocenters. The molecule has 6 nitrogen and oxygen atoms in total. The molecule has 1 saturated heterocycles. The van der Waals surface area contributed by atoms with E-state index in [-0.39, 0.29) is 11.9 Å². The van der Waals surface area contributed by atoms with Crippen LogP contribution in [0.4, 0.5) is 0 Å². The van der Waals surface area contributed by atoms with Crippen LogP contribution in [0.2, 0.25) is 0 Å². The first-order chi connectivity index (χ1) is 9.26. The van der Waals surface area contributed by atoms with E-state index in [1.165, 1.54) is 11.5 Å². The lowest BCUT2D eigenvalue weighted by molar-refractivity contribution is 0.0595. The lowest BCUT2D eigenvalue weighted by atomic mass is 10.1. The molecule has 1 aliphatic rings. The van der Waals surface area contributed by atoms with E-state index in [0.717, 1.165) is 25.9 Å². The Balaban J connectivity index is 1.89. The van der Waals surface area contributed by atoms with E-state index in [1.807, 2.05) is 0 Å². The van der Waals surface area contributed by atoms with Crippen LogP contribution in [0.5, 0.6) is 0 Å². The minimum atomic E-state index is -0.0580. The summed E-state index contributed by atoms with van der Waals surface area (Å²) in [7, 11) is 0. The van der Waals surface area contributed by atoms with E-state index < -0.39 is 0 Å². The molecule has 1 atom stereocenters. The van der Waals surface area contributed by atoms with E-state index in [9.17, 15) is 4.79 Å². The number of hydrogen-bond donors (Lipinski definition) is 0. The van der Waals surface area contributed by atoms with E-state index in [0.29, 0.717) is 18.8 Å². The second-order valence-corrected chi connectivity index (χ2v) is 5.16. The molecule has 0 spiro atoms. The van der Waals surface area contributed by atoms with Crippen LogP contribution in [-0.4, -0.2) is 57.5 Å². The van der Waals surface area contributed by atoms with E-state index in [2.05, 4.69) is 27.5 Å². The number of aromatic nitrogens is 2. The quantitative estimate of drug-likeness (QED) is 0.821. The van der Waals surface area contributed by atoms with Crippen LogP contribution in [-0.2, 0) is 0 Å². The molecule has 19 heavy (non-hydrogen) atoms. The van der Waals surface area contributed by atoms with Crippen molar-refractivity contribution in [2.45, 2.75) is 25.8 Å². The van der Waals surface area contributed by atoms with Crippen molar-refractivity contribution in [3.8, 4) is 6.07 Å². The average molecular weight is 279 g/mol. The fourth-order valence-electron chi connectivity index (χ4n) is 2.26. The van der Waals surface area contributed by atoms with Crippen molar-refractivity contribution in [2.75, 3.05) is 26.2 Å². The summed E-state index contributed by atoms with van der Waals surface area (Å²) in [6.45, 7) is 4.89. The highest BCUT2D eigenvalue weighted by atomic mass is 32.1. The van der Waals surface area contributed by atoms with Gasteiger partial charge in [-0.15, -0.1) is 5.10 Å². The summed E-state index contributed by atoms with van der Waals surface area (Å²) >= 11 is 1.19. The highest BCUT2D eigenvalue weighted by Gasteiger charge is 2.26. The van der Waals surface area contributed by atoms with Gasteiger partial charge in [-0.2, -0.15) is 5.26 Å². The highest BCUT2D eigenvalue weighted by Crippen LogP contribution is 2.12. The maximum Gasteiger partial charge on any atom is 0.275 e. The lowest BCUT2D eigenvalue weighted by Gasteiger charge is -2.36. The average Bonchev–Trinajstić information content (AvgIpc) is 2.98. The molecule has 1 aromatic rings. The summed E-state index contributed by atoms with van der Waals surface area (Å²) in [5.74, 6) is -0.0580. The molecule has 102 valence electrons. The van der Waals surface area contributed by atoms with Crippen LogP contribution >= 0.6 is 11.5 Å². The van der Waals surface area contributed by atoms with Gasteiger partial charge < -0.3 is 4.90 Å². The van der Waals surface area contributed by atoms with Crippen LogP contribution in [0, 0.1) is 11.3 Å². The third-order valence-corrected chi connectivity index (χ3v) is 3.84. The summed E-state index contributed by atoms with van der Waals surface area (Å²) in [5.41, 5.74) is 0.420. The largest absolute Gasteiger partial charge is 0.335 e. The van der Waals surface area contributed by atoms with Crippen molar-refractivity contribution in [3.63, 3.8) is 0 Å². The van der Waals surface area contributed by atoms with Crippen LogP contribution in [0.3, 0.4) is 0 Å². The fourth-order valence-corrected chi connectivity index (χ4v) is 2.69. The van der Waals surface area contributed by atoms with E-state index >= 15 is 0 Å². The Bertz CT molecular complexity index is 447. The predicted octanol–water partition coefficient (Wildman–Crippen LogP) is 0.988. The molecule has 0 saturated carbocycles. The summed E-state index contributed by atoms with van der Waals surface area (Å²) in [6, 6.07) is 2.32. The van der Waals surface area contributed by atoms with E-state index in [4.69, 9.17) is 5.26 Å². The fraction of sp³-hybridized carbons (Fsp3) is 0.667. The maximum atomic E-state index is 12.1. The zero-order valence-corrected chi connectivity index (χ0v) is 11.8. The Morgan fingerprint density at radius 2 is 2.26 bits per heavy atom. The Morgan fingerprint density at radius 1 is 1.53 bits per heavy atom. The molecule has 1 fully saturated rings. The second-order valence-electron chi connectivity index (χ2n) is 4.55. The van der Waals surface area contributed by atoms with Gasteiger partial charge in [-0.3, -0.25) is 9.69 Å². The maximum absolute atomic E-state index is 12.1. The van der Waals surface area contributed by atoms with Gasteiger partial charge in [0.25, 0.3) is 5.91 Å². The number of rotatable bonds is 4. The van der Waals surface area contributed by atoms with Crippen molar-refractivity contribution < 1.29 is 4.79 Å². The first-order valence-corrected chi connectivity index (χ1v) is 7.30. The van der Waals surface area contributed by atoms with Crippen molar-refractivity contribution in [1.29, 1.82) is 5.26 Å². The molecule has 0 N–H and O–H groups in total. The van der Waals surface area contributed by atoms with Gasteiger partial charge in [-0.1, -0.05) is 17.8 Å². The Kier molecular flexibility index (Phi) is 4.82. The number of carbonyl (C=O) groups excluding carboxylic acids is 1. The molecule has 7 heteroatoms. The van der Waals surface area contributed by atoms with Crippen LogP contribution < -0.4 is 0 Å². The first-order valence-electron chi connectivity index (χ1n) is 6.46. The number of hydrogen-bond acceptors (Lipinski definition) is 6. The highest BCUT2D eigenvalue weighted by molar-refractivity contribution is 7.03. The minimum Gasteiger partial charge on any atom is -0.335 e.